The van der Waals surface area contributed by atoms with Crippen molar-refractivity contribution in [1.82, 2.24) is 19.8 Å². The Hall–Kier alpha value is -2.18. The first-order valence-electron chi connectivity index (χ1n) is 7.97. The molecule has 0 aliphatic carbocycles. The molecule has 1 aliphatic rings. The molecule has 1 aromatic carbocycles. The van der Waals surface area contributed by atoms with Gasteiger partial charge in [0.2, 0.25) is 5.91 Å². The van der Waals surface area contributed by atoms with Gasteiger partial charge in [-0.3, -0.25) is 9.69 Å². The topological polar surface area (TPSA) is 64.3 Å². The van der Waals surface area contributed by atoms with E-state index >= 15 is 0 Å². The molecular weight excluding hydrogens is 290 g/mol. The number of anilines is 1. The minimum atomic E-state index is -0.117. The van der Waals surface area contributed by atoms with Crippen LogP contribution in [0.3, 0.4) is 0 Å². The van der Waals surface area contributed by atoms with Crippen molar-refractivity contribution in [2.75, 3.05) is 38.5 Å². The van der Waals surface area contributed by atoms with Gasteiger partial charge in [-0.15, -0.1) is 0 Å². The number of hydrogen-bond donors (Lipinski definition) is 2. The van der Waals surface area contributed by atoms with E-state index < -0.39 is 0 Å². The Morgan fingerprint density at radius 2 is 1.91 bits per heavy atom. The van der Waals surface area contributed by atoms with Crippen LogP contribution in [0.4, 0.5) is 5.69 Å². The molecule has 2 aromatic rings. The highest BCUT2D eigenvalue weighted by molar-refractivity contribution is 5.94. The van der Waals surface area contributed by atoms with Crippen LogP contribution in [-0.2, 0) is 4.79 Å². The van der Waals surface area contributed by atoms with Crippen LogP contribution in [0.5, 0.6) is 0 Å². The lowest BCUT2D eigenvalue weighted by Crippen LogP contribution is -2.51. The van der Waals surface area contributed by atoms with E-state index in [1.807, 2.05) is 31.2 Å². The van der Waals surface area contributed by atoms with Gasteiger partial charge in [-0.25, -0.2) is 4.98 Å². The highest BCUT2D eigenvalue weighted by Crippen LogP contribution is 2.18. The van der Waals surface area contributed by atoms with Crippen molar-refractivity contribution >= 4 is 11.6 Å². The van der Waals surface area contributed by atoms with Crippen molar-refractivity contribution in [3.05, 3.63) is 36.7 Å². The zero-order chi connectivity index (χ0) is 16.2. The molecule has 0 bridgehead atoms. The van der Waals surface area contributed by atoms with Crippen molar-refractivity contribution in [2.24, 2.45) is 0 Å². The standard InChI is InChI=1S/C17H23N5O/c1-13(22-11-9-21(2)10-12-22)17(23)20-15-5-3-14(4-6-15)16-18-7-8-19-16/h3-8,13H,9-12H2,1-2H3,(H,18,19)(H,20,23). The lowest BCUT2D eigenvalue weighted by atomic mass is 10.1. The summed E-state index contributed by atoms with van der Waals surface area (Å²) >= 11 is 0. The molecule has 0 spiro atoms. The molecule has 2 N–H and O–H groups in total. The maximum absolute atomic E-state index is 12.4. The van der Waals surface area contributed by atoms with Crippen molar-refractivity contribution in [3.8, 4) is 11.4 Å². The Kier molecular flexibility index (Phi) is 4.73. The van der Waals surface area contributed by atoms with Gasteiger partial charge in [-0.1, -0.05) is 0 Å². The number of aromatic nitrogens is 2. The Morgan fingerprint density at radius 3 is 2.52 bits per heavy atom. The van der Waals surface area contributed by atoms with Crippen LogP contribution in [0.1, 0.15) is 6.92 Å². The van der Waals surface area contributed by atoms with Crippen LogP contribution < -0.4 is 5.32 Å². The zero-order valence-electron chi connectivity index (χ0n) is 13.6. The summed E-state index contributed by atoms with van der Waals surface area (Å²) in [6, 6.07) is 7.61. The second kappa shape index (κ2) is 6.93. The highest BCUT2D eigenvalue weighted by Gasteiger charge is 2.24. The fraction of sp³-hybridized carbons (Fsp3) is 0.412. The third-order valence-electron chi connectivity index (χ3n) is 4.39. The SMILES string of the molecule is CC(C(=O)Nc1ccc(-c2ncc[nH]2)cc1)N1CCN(C)CC1. The number of nitrogens with one attached hydrogen (secondary N) is 2. The summed E-state index contributed by atoms with van der Waals surface area (Å²) in [5, 5.41) is 3.00. The minimum Gasteiger partial charge on any atom is -0.345 e. The quantitative estimate of drug-likeness (QED) is 0.901. The minimum absolute atomic E-state index is 0.0419. The average Bonchev–Trinajstić information content (AvgIpc) is 3.10. The molecule has 1 aromatic heterocycles. The smallest absolute Gasteiger partial charge is 0.241 e. The summed E-state index contributed by atoms with van der Waals surface area (Å²) in [6.07, 6.45) is 3.52. The van der Waals surface area contributed by atoms with E-state index in [1.165, 1.54) is 0 Å². The number of H-pyrrole nitrogens is 1. The zero-order valence-corrected chi connectivity index (χ0v) is 13.6. The van der Waals surface area contributed by atoms with Crippen LogP contribution in [0.2, 0.25) is 0 Å². The third kappa shape index (κ3) is 3.78. The van der Waals surface area contributed by atoms with Gasteiger partial charge in [-0.2, -0.15) is 0 Å². The Balaban J connectivity index is 1.59. The number of rotatable bonds is 4. The van der Waals surface area contributed by atoms with E-state index in [0.717, 1.165) is 43.3 Å². The fourth-order valence-electron chi connectivity index (χ4n) is 2.76. The normalized spacial score (nSPS) is 17.8. The molecular formula is C17H23N5O. The monoisotopic (exact) mass is 313 g/mol. The summed E-state index contributed by atoms with van der Waals surface area (Å²) in [5.74, 6) is 0.869. The number of carbonyl (C=O) groups is 1. The van der Waals surface area contributed by atoms with E-state index in [9.17, 15) is 4.79 Å². The molecule has 0 radical (unpaired) electrons. The maximum Gasteiger partial charge on any atom is 0.241 e. The second-order valence-electron chi connectivity index (χ2n) is 6.02. The lowest BCUT2D eigenvalue weighted by molar-refractivity contribution is -0.121. The molecule has 6 heteroatoms. The Morgan fingerprint density at radius 1 is 1.22 bits per heavy atom. The summed E-state index contributed by atoms with van der Waals surface area (Å²) in [4.78, 5) is 24.2. The van der Waals surface area contributed by atoms with Gasteiger partial charge in [0, 0.05) is 49.8 Å². The molecule has 2 heterocycles. The number of piperazine rings is 1. The van der Waals surface area contributed by atoms with E-state index in [1.54, 1.807) is 12.4 Å². The van der Waals surface area contributed by atoms with Gasteiger partial charge in [0.05, 0.1) is 6.04 Å². The molecule has 0 saturated carbocycles. The van der Waals surface area contributed by atoms with Crippen molar-refractivity contribution in [2.45, 2.75) is 13.0 Å². The van der Waals surface area contributed by atoms with Gasteiger partial charge >= 0.3 is 0 Å². The summed E-state index contributed by atoms with van der Waals surface area (Å²) < 4.78 is 0. The van der Waals surface area contributed by atoms with Crippen molar-refractivity contribution < 1.29 is 4.79 Å². The number of carbonyl (C=O) groups excluding carboxylic acids is 1. The first kappa shape index (κ1) is 15.7. The summed E-state index contributed by atoms with van der Waals surface area (Å²) in [7, 11) is 2.11. The fourth-order valence-corrected chi connectivity index (χ4v) is 2.76. The van der Waals surface area contributed by atoms with Crippen molar-refractivity contribution in [3.63, 3.8) is 0 Å². The number of aromatic amines is 1. The highest BCUT2D eigenvalue weighted by atomic mass is 16.2. The number of nitrogens with zero attached hydrogens (tertiary/aromatic N) is 3. The van der Waals surface area contributed by atoms with Crippen molar-refractivity contribution in [1.29, 1.82) is 0 Å². The molecule has 1 saturated heterocycles. The van der Waals surface area contributed by atoms with Gasteiger partial charge in [0.25, 0.3) is 0 Å². The molecule has 6 nitrogen and oxygen atoms in total. The maximum atomic E-state index is 12.4. The van der Waals surface area contributed by atoms with E-state index in [4.69, 9.17) is 0 Å². The molecule has 1 aliphatic heterocycles. The largest absolute Gasteiger partial charge is 0.345 e. The Labute approximate surface area is 136 Å². The lowest BCUT2D eigenvalue weighted by Gasteiger charge is -2.35. The van der Waals surface area contributed by atoms with Crippen LogP contribution >= 0.6 is 0 Å². The molecule has 1 atom stereocenters. The third-order valence-corrected chi connectivity index (χ3v) is 4.39. The summed E-state index contributed by atoms with van der Waals surface area (Å²) in [6.45, 7) is 5.85. The molecule has 1 unspecified atom stereocenters. The number of likely N-dealkylation sites (N-methyl/N-ethyl adjacent to an activating group) is 1. The average molecular weight is 313 g/mol. The number of benzene rings is 1. The van der Waals surface area contributed by atoms with Crippen LogP contribution in [-0.4, -0.2) is 64.9 Å². The summed E-state index contributed by atoms with van der Waals surface area (Å²) in [5.41, 5.74) is 1.81. The number of hydrogen-bond acceptors (Lipinski definition) is 4. The van der Waals surface area contributed by atoms with Gasteiger partial charge < -0.3 is 15.2 Å². The number of amides is 1. The Bertz CT molecular complexity index is 630. The van der Waals surface area contributed by atoms with Gasteiger partial charge in [-0.05, 0) is 38.2 Å². The number of imidazole rings is 1. The van der Waals surface area contributed by atoms with Gasteiger partial charge in [0.1, 0.15) is 5.82 Å². The van der Waals surface area contributed by atoms with E-state index in [0.29, 0.717) is 0 Å². The first-order chi connectivity index (χ1) is 11.1. The predicted octanol–water partition coefficient (Wildman–Crippen LogP) is 1.65. The van der Waals surface area contributed by atoms with Crippen LogP contribution in [0, 0.1) is 0 Å². The molecule has 1 fully saturated rings. The molecule has 3 rings (SSSR count). The second-order valence-corrected chi connectivity index (χ2v) is 6.02. The first-order valence-corrected chi connectivity index (χ1v) is 7.97. The predicted molar refractivity (Wildman–Crippen MR) is 91.2 cm³/mol. The molecule has 23 heavy (non-hydrogen) atoms. The van der Waals surface area contributed by atoms with Gasteiger partial charge in [0.15, 0.2) is 0 Å². The van der Waals surface area contributed by atoms with E-state index in [2.05, 4.69) is 32.1 Å². The van der Waals surface area contributed by atoms with Crippen LogP contribution in [0.25, 0.3) is 11.4 Å². The van der Waals surface area contributed by atoms with Crippen LogP contribution in [0.15, 0.2) is 36.7 Å². The molecule has 122 valence electrons. The van der Waals surface area contributed by atoms with E-state index in [-0.39, 0.29) is 11.9 Å². The molecule has 1 amide bonds.